The number of rotatable bonds is 7. The standard InChI is InChI=1S/C19H19F3N2O4S2/c1-24(2)30(26,27)15-9-10-17(28-3)16(12-15)23-18(25)11-6-13-4-7-14(8-5-13)29-19(20,21)22/h4-12H,1-3H3,(H,23,25)/b11-6+. The number of alkyl halides is 3. The van der Waals surface area contributed by atoms with Gasteiger partial charge in [0.2, 0.25) is 15.9 Å². The molecule has 11 heteroatoms. The van der Waals surface area contributed by atoms with Crippen LogP contribution in [0.4, 0.5) is 18.9 Å². The minimum atomic E-state index is -4.37. The maximum absolute atomic E-state index is 12.4. The SMILES string of the molecule is COc1ccc(S(=O)(=O)N(C)C)cc1NC(=O)/C=C/c1ccc(SC(F)(F)F)cc1. The molecule has 0 aliphatic heterocycles. The van der Waals surface area contributed by atoms with Crippen LogP contribution in [0.2, 0.25) is 0 Å². The zero-order valence-corrected chi connectivity index (χ0v) is 17.9. The molecule has 0 spiro atoms. The first-order chi connectivity index (χ1) is 13.9. The van der Waals surface area contributed by atoms with E-state index >= 15 is 0 Å². The molecule has 2 aromatic rings. The summed E-state index contributed by atoms with van der Waals surface area (Å²) < 4.78 is 67.8. The summed E-state index contributed by atoms with van der Waals surface area (Å²) in [4.78, 5) is 12.2. The van der Waals surface area contributed by atoms with Crippen molar-refractivity contribution in [1.29, 1.82) is 0 Å². The number of sulfonamides is 1. The van der Waals surface area contributed by atoms with E-state index in [9.17, 15) is 26.4 Å². The molecule has 0 unspecified atom stereocenters. The van der Waals surface area contributed by atoms with Gasteiger partial charge in [-0.05, 0) is 53.7 Å². The van der Waals surface area contributed by atoms with Crippen LogP contribution in [0.15, 0.2) is 58.3 Å². The number of ether oxygens (including phenoxy) is 1. The summed E-state index contributed by atoms with van der Waals surface area (Å²) in [7, 11) is 0.446. The maximum atomic E-state index is 12.4. The Morgan fingerprint density at radius 3 is 2.30 bits per heavy atom. The highest BCUT2D eigenvalue weighted by molar-refractivity contribution is 8.00. The number of hydrogen-bond acceptors (Lipinski definition) is 5. The zero-order chi connectivity index (χ0) is 22.5. The van der Waals surface area contributed by atoms with Crippen LogP contribution in [-0.2, 0) is 14.8 Å². The summed E-state index contributed by atoms with van der Waals surface area (Å²) in [5.74, 6) is -0.301. The summed E-state index contributed by atoms with van der Waals surface area (Å²) in [5.41, 5.74) is -3.69. The van der Waals surface area contributed by atoms with E-state index in [4.69, 9.17) is 4.74 Å². The fraction of sp³-hybridized carbons (Fsp3) is 0.211. The molecule has 0 aromatic heterocycles. The smallest absolute Gasteiger partial charge is 0.446 e. The van der Waals surface area contributed by atoms with Gasteiger partial charge < -0.3 is 10.1 Å². The molecular formula is C19H19F3N2O4S2. The van der Waals surface area contributed by atoms with Crippen LogP contribution in [0.3, 0.4) is 0 Å². The molecule has 0 aliphatic rings. The quantitative estimate of drug-likeness (QED) is 0.495. The third-order valence-corrected chi connectivity index (χ3v) is 6.30. The Morgan fingerprint density at radius 1 is 1.13 bits per heavy atom. The van der Waals surface area contributed by atoms with Crippen LogP contribution in [0, 0.1) is 0 Å². The summed E-state index contributed by atoms with van der Waals surface area (Å²) in [6, 6.07) is 9.56. The van der Waals surface area contributed by atoms with Gasteiger partial charge in [-0.2, -0.15) is 13.2 Å². The Hall–Kier alpha value is -2.50. The van der Waals surface area contributed by atoms with E-state index in [-0.39, 0.29) is 33.0 Å². The molecule has 0 bridgehead atoms. The Morgan fingerprint density at radius 2 is 1.77 bits per heavy atom. The number of benzene rings is 2. The summed E-state index contributed by atoms with van der Waals surface area (Å²) in [6.45, 7) is 0. The molecule has 0 saturated carbocycles. The first-order valence-electron chi connectivity index (χ1n) is 8.38. The van der Waals surface area contributed by atoms with E-state index < -0.39 is 21.4 Å². The second-order valence-corrected chi connectivity index (χ2v) is 9.38. The lowest BCUT2D eigenvalue weighted by Gasteiger charge is -2.14. The molecule has 0 aliphatic carbocycles. The monoisotopic (exact) mass is 460 g/mol. The fourth-order valence-electron chi connectivity index (χ4n) is 2.28. The first-order valence-corrected chi connectivity index (χ1v) is 10.6. The van der Waals surface area contributed by atoms with E-state index in [1.807, 2.05) is 0 Å². The van der Waals surface area contributed by atoms with Crippen LogP contribution in [-0.4, -0.2) is 45.3 Å². The number of nitrogens with zero attached hydrogens (tertiary/aromatic N) is 1. The van der Waals surface area contributed by atoms with Gasteiger partial charge in [-0.1, -0.05) is 12.1 Å². The van der Waals surface area contributed by atoms with Crippen molar-refractivity contribution in [2.45, 2.75) is 15.3 Å². The van der Waals surface area contributed by atoms with Gasteiger partial charge in [-0.3, -0.25) is 4.79 Å². The van der Waals surface area contributed by atoms with Crippen molar-refractivity contribution in [3.05, 3.63) is 54.1 Å². The number of anilines is 1. The molecule has 2 aromatic carbocycles. The number of carbonyl (C=O) groups is 1. The van der Waals surface area contributed by atoms with Crippen LogP contribution in [0.1, 0.15) is 5.56 Å². The predicted molar refractivity (Wildman–Crippen MR) is 110 cm³/mol. The Balaban J connectivity index is 2.15. The van der Waals surface area contributed by atoms with Gasteiger partial charge in [-0.15, -0.1) is 0 Å². The maximum Gasteiger partial charge on any atom is 0.446 e. The minimum Gasteiger partial charge on any atom is -0.495 e. The van der Waals surface area contributed by atoms with Gasteiger partial charge in [-0.25, -0.2) is 12.7 Å². The van der Waals surface area contributed by atoms with Crippen molar-refractivity contribution >= 4 is 39.5 Å². The average Bonchev–Trinajstić information content (AvgIpc) is 2.66. The number of amides is 1. The topological polar surface area (TPSA) is 75.7 Å². The molecule has 0 saturated heterocycles. The Bertz CT molecular complexity index is 1030. The minimum absolute atomic E-state index is 0.0228. The highest BCUT2D eigenvalue weighted by Crippen LogP contribution is 2.36. The number of thioether (sulfide) groups is 1. The van der Waals surface area contributed by atoms with Crippen LogP contribution in [0.5, 0.6) is 5.75 Å². The third-order valence-electron chi connectivity index (χ3n) is 3.75. The molecule has 0 heterocycles. The predicted octanol–water partition coefficient (Wildman–Crippen LogP) is 4.21. The van der Waals surface area contributed by atoms with Crippen molar-refractivity contribution in [2.75, 3.05) is 26.5 Å². The zero-order valence-electron chi connectivity index (χ0n) is 16.2. The van der Waals surface area contributed by atoms with Crippen molar-refractivity contribution in [3.8, 4) is 5.75 Å². The molecule has 162 valence electrons. The normalized spacial score (nSPS) is 12.4. The number of nitrogens with one attached hydrogen (secondary N) is 1. The van der Waals surface area contributed by atoms with E-state index in [0.717, 1.165) is 4.31 Å². The third kappa shape index (κ3) is 6.51. The molecule has 0 atom stereocenters. The number of hydrogen-bond donors (Lipinski definition) is 1. The largest absolute Gasteiger partial charge is 0.495 e. The lowest BCUT2D eigenvalue weighted by Crippen LogP contribution is -2.22. The summed E-state index contributed by atoms with van der Waals surface area (Å²) >= 11 is -0.225. The van der Waals surface area contributed by atoms with Crippen molar-refractivity contribution < 1.29 is 31.1 Å². The molecule has 6 nitrogen and oxygen atoms in total. The van der Waals surface area contributed by atoms with Crippen molar-refractivity contribution in [1.82, 2.24) is 4.31 Å². The van der Waals surface area contributed by atoms with Gasteiger partial charge in [0.25, 0.3) is 0 Å². The van der Waals surface area contributed by atoms with Crippen molar-refractivity contribution in [3.63, 3.8) is 0 Å². The van der Waals surface area contributed by atoms with Gasteiger partial charge in [0, 0.05) is 25.1 Å². The molecular weight excluding hydrogens is 441 g/mol. The van der Waals surface area contributed by atoms with E-state index in [1.54, 1.807) is 0 Å². The first kappa shape index (κ1) is 23.8. The second-order valence-electron chi connectivity index (χ2n) is 6.09. The lowest BCUT2D eigenvalue weighted by molar-refractivity contribution is -0.111. The highest BCUT2D eigenvalue weighted by Gasteiger charge is 2.29. The number of halogens is 3. The molecule has 0 fully saturated rings. The lowest BCUT2D eigenvalue weighted by atomic mass is 10.2. The van der Waals surface area contributed by atoms with E-state index in [1.165, 1.54) is 75.8 Å². The number of carbonyl (C=O) groups excluding carboxylic acids is 1. The Kier molecular flexibility index (Phi) is 7.56. The van der Waals surface area contributed by atoms with Gasteiger partial charge in [0.1, 0.15) is 5.75 Å². The van der Waals surface area contributed by atoms with E-state index in [0.29, 0.717) is 5.56 Å². The van der Waals surface area contributed by atoms with Crippen LogP contribution < -0.4 is 10.1 Å². The van der Waals surface area contributed by atoms with Crippen LogP contribution >= 0.6 is 11.8 Å². The molecule has 1 amide bonds. The van der Waals surface area contributed by atoms with E-state index in [2.05, 4.69) is 5.32 Å². The fourth-order valence-corrected chi connectivity index (χ4v) is 3.75. The Labute approximate surface area is 176 Å². The molecule has 2 rings (SSSR count). The van der Waals surface area contributed by atoms with Gasteiger partial charge >= 0.3 is 5.51 Å². The highest BCUT2D eigenvalue weighted by atomic mass is 32.2. The average molecular weight is 460 g/mol. The van der Waals surface area contributed by atoms with Gasteiger partial charge in [0.05, 0.1) is 17.7 Å². The van der Waals surface area contributed by atoms with Gasteiger partial charge in [0.15, 0.2) is 0 Å². The number of methoxy groups -OCH3 is 1. The second kappa shape index (κ2) is 9.54. The molecule has 0 radical (unpaired) electrons. The molecule has 1 N–H and O–H groups in total. The molecule has 30 heavy (non-hydrogen) atoms. The summed E-state index contributed by atoms with van der Waals surface area (Å²) in [5, 5.41) is 2.54. The van der Waals surface area contributed by atoms with Crippen molar-refractivity contribution in [2.24, 2.45) is 0 Å². The van der Waals surface area contributed by atoms with Crippen LogP contribution in [0.25, 0.3) is 6.08 Å². The summed E-state index contributed by atoms with van der Waals surface area (Å²) in [6.07, 6.45) is 2.60.